The highest BCUT2D eigenvalue weighted by Crippen LogP contribution is 2.62. The Morgan fingerprint density at radius 3 is 1.12 bits per heavy atom. The van der Waals surface area contributed by atoms with Gasteiger partial charge < -0.3 is 15.5 Å². The van der Waals surface area contributed by atoms with Gasteiger partial charge >= 0.3 is 0 Å². The van der Waals surface area contributed by atoms with Crippen molar-refractivity contribution in [1.82, 2.24) is 9.80 Å². The van der Waals surface area contributed by atoms with E-state index in [0.717, 1.165) is 74.0 Å². The number of amides is 2. The number of hydrogen-bond acceptors (Lipinski definition) is 3. The van der Waals surface area contributed by atoms with Crippen LogP contribution in [0.3, 0.4) is 0 Å². The van der Waals surface area contributed by atoms with Crippen molar-refractivity contribution in [1.29, 1.82) is 0 Å². The third-order valence-electron chi connectivity index (χ3n) is 11.1. The lowest BCUT2D eigenvalue weighted by Crippen LogP contribution is -2.56. The molecule has 9 aliphatic rings. The molecule has 1 saturated heterocycles. The lowest BCUT2D eigenvalue weighted by Gasteiger charge is -2.56. The Kier molecular flexibility index (Phi) is 4.41. The number of carbonyl (C=O) groups excluding carboxylic acids is 2. The molecule has 0 spiro atoms. The Balaban J connectivity index is 1.08. The third-order valence-corrected chi connectivity index (χ3v) is 11.1. The highest BCUT2D eigenvalue weighted by atomic mass is 16.2. The third kappa shape index (κ3) is 3.05. The van der Waals surface area contributed by atoms with Gasteiger partial charge in [-0.15, -0.1) is 0 Å². The van der Waals surface area contributed by atoms with Gasteiger partial charge in [0.15, 0.2) is 0 Å². The molecule has 0 unspecified atom stereocenters. The minimum atomic E-state index is -0.117. The zero-order valence-corrected chi connectivity index (χ0v) is 19.6. The van der Waals surface area contributed by atoms with E-state index in [0.29, 0.717) is 38.0 Å². The van der Waals surface area contributed by atoms with Gasteiger partial charge in [-0.1, -0.05) is 0 Å². The quantitative estimate of drug-likeness (QED) is 0.717. The van der Waals surface area contributed by atoms with E-state index in [2.05, 4.69) is 9.80 Å². The molecule has 0 aromatic rings. The van der Waals surface area contributed by atoms with Gasteiger partial charge in [0, 0.05) is 32.2 Å². The first-order valence-corrected chi connectivity index (χ1v) is 13.7. The average molecular weight is 440 g/mol. The summed E-state index contributed by atoms with van der Waals surface area (Å²) in [5.41, 5.74) is 6.38. The van der Waals surface area contributed by atoms with E-state index in [1.54, 1.807) is 0 Å². The number of nitrogens with zero attached hydrogens (tertiary/aromatic N) is 2. The van der Waals surface area contributed by atoms with Crippen LogP contribution in [-0.4, -0.2) is 53.8 Å². The molecule has 9 rings (SSSR count). The SMILES string of the molecule is NC1CN(C(=O)C23CC4CC(CC(C4)C2)C3)CCN(C(=O)C23CC4CC(CC(C4)C2)C3)C1. The Labute approximate surface area is 192 Å². The van der Waals surface area contributed by atoms with E-state index >= 15 is 0 Å². The maximum Gasteiger partial charge on any atom is 0.228 e. The van der Waals surface area contributed by atoms with Crippen LogP contribution < -0.4 is 5.73 Å². The largest absolute Gasteiger partial charge is 0.339 e. The van der Waals surface area contributed by atoms with Crippen LogP contribution in [0.5, 0.6) is 0 Å². The van der Waals surface area contributed by atoms with Crippen molar-refractivity contribution in [2.24, 2.45) is 52.1 Å². The van der Waals surface area contributed by atoms with Gasteiger partial charge in [-0.3, -0.25) is 9.59 Å². The molecule has 1 heterocycles. The summed E-state index contributed by atoms with van der Waals surface area (Å²) in [6.07, 6.45) is 14.8. The summed E-state index contributed by atoms with van der Waals surface area (Å²) >= 11 is 0. The second-order valence-electron chi connectivity index (χ2n) is 13.7. The molecule has 9 fully saturated rings. The molecule has 32 heavy (non-hydrogen) atoms. The second-order valence-corrected chi connectivity index (χ2v) is 13.7. The fourth-order valence-electron chi connectivity index (χ4n) is 10.8. The molecule has 5 heteroatoms. The average Bonchev–Trinajstić information content (AvgIpc) is 2.92. The molecular formula is C27H41N3O2. The van der Waals surface area contributed by atoms with Crippen molar-refractivity contribution >= 4 is 11.8 Å². The van der Waals surface area contributed by atoms with Crippen LogP contribution >= 0.6 is 0 Å². The van der Waals surface area contributed by atoms with Crippen molar-refractivity contribution in [3.05, 3.63) is 0 Å². The van der Waals surface area contributed by atoms with Gasteiger partial charge in [0.25, 0.3) is 0 Å². The fraction of sp³-hybridized carbons (Fsp3) is 0.926. The van der Waals surface area contributed by atoms with Crippen LogP contribution in [0.25, 0.3) is 0 Å². The number of rotatable bonds is 2. The standard InChI is InChI=1S/C27H41N3O2/c28-23-15-29(24(31)26-9-17-3-18(10-26)5-19(4-17)11-26)1-2-30(16-23)25(32)27-12-20-6-21(13-27)8-22(7-20)14-27/h17-23H,1-16,28H2. The zero-order valence-electron chi connectivity index (χ0n) is 19.6. The highest BCUT2D eigenvalue weighted by Gasteiger charge is 2.57. The Bertz CT molecular complexity index is 685. The summed E-state index contributed by atoms with van der Waals surface area (Å²) in [6.45, 7) is 2.63. The van der Waals surface area contributed by atoms with Gasteiger partial charge in [0.05, 0.1) is 10.8 Å². The number of carbonyl (C=O) groups is 2. The predicted molar refractivity (Wildman–Crippen MR) is 122 cm³/mol. The van der Waals surface area contributed by atoms with Crippen molar-refractivity contribution in [2.45, 2.75) is 83.1 Å². The van der Waals surface area contributed by atoms with E-state index in [9.17, 15) is 9.59 Å². The van der Waals surface area contributed by atoms with Crippen LogP contribution in [0.1, 0.15) is 77.0 Å². The van der Waals surface area contributed by atoms with Crippen molar-refractivity contribution in [3.8, 4) is 0 Å². The molecule has 0 atom stereocenters. The summed E-state index contributed by atoms with van der Waals surface area (Å²) in [7, 11) is 0. The first-order chi connectivity index (χ1) is 15.4. The molecular weight excluding hydrogens is 398 g/mol. The summed E-state index contributed by atoms with van der Waals surface area (Å²) in [4.78, 5) is 32.0. The molecule has 0 aromatic carbocycles. The Hall–Kier alpha value is -1.10. The molecule has 2 amide bonds. The lowest BCUT2D eigenvalue weighted by atomic mass is 9.49. The van der Waals surface area contributed by atoms with E-state index in [-0.39, 0.29) is 16.9 Å². The summed E-state index contributed by atoms with van der Waals surface area (Å²) in [6, 6.07) is -0.117. The zero-order chi connectivity index (χ0) is 21.7. The topological polar surface area (TPSA) is 66.6 Å². The van der Waals surface area contributed by atoms with E-state index in [1.807, 2.05) is 0 Å². The van der Waals surface area contributed by atoms with Crippen LogP contribution in [0, 0.1) is 46.3 Å². The number of nitrogens with two attached hydrogens (primary N) is 1. The minimum absolute atomic E-state index is 0.104. The van der Waals surface area contributed by atoms with Gasteiger partial charge in [0.2, 0.25) is 11.8 Å². The molecule has 8 bridgehead atoms. The van der Waals surface area contributed by atoms with E-state index in [4.69, 9.17) is 5.73 Å². The maximum absolute atomic E-state index is 13.9. The van der Waals surface area contributed by atoms with E-state index in [1.165, 1.54) is 38.5 Å². The summed E-state index contributed by atoms with van der Waals surface area (Å²) in [5.74, 6) is 5.44. The maximum atomic E-state index is 13.9. The Morgan fingerprint density at radius 2 is 0.844 bits per heavy atom. The molecule has 0 aromatic heterocycles. The van der Waals surface area contributed by atoms with Crippen LogP contribution in [0.4, 0.5) is 0 Å². The summed E-state index contributed by atoms with van der Waals surface area (Å²) < 4.78 is 0. The van der Waals surface area contributed by atoms with E-state index < -0.39 is 0 Å². The highest BCUT2D eigenvalue weighted by molar-refractivity contribution is 5.85. The molecule has 176 valence electrons. The van der Waals surface area contributed by atoms with Gasteiger partial charge in [-0.05, 0) is 113 Å². The lowest BCUT2D eigenvalue weighted by molar-refractivity contribution is -0.159. The van der Waals surface area contributed by atoms with Crippen LogP contribution in [0.15, 0.2) is 0 Å². The van der Waals surface area contributed by atoms with Gasteiger partial charge in [-0.2, -0.15) is 0 Å². The first-order valence-electron chi connectivity index (χ1n) is 13.7. The first kappa shape index (κ1) is 20.3. The summed E-state index contributed by atoms with van der Waals surface area (Å²) in [5, 5.41) is 0. The molecule has 5 nitrogen and oxygen atoms in total. The van der Waals surface area contributed by atoms with Crippen molar-refractivity contribution in [3.63, 3.8) is 0 Å². The fourth-order valence-corrected chi connectivity index (χ4v) is 10.8. The predicted octanol–water partition coefficient (Wildman–Crippen LogP) is 3.42. The van der Waals surface area contributed by atoms with Crippen LogP contribution in [0.2, 0.25) is 0 Å². The minimum Gasteiger partial charge on any atom is -0.339 e. The molecule has 1 aliphatic heterocycles. The normalized spacial score (nSPS) is 51.2. The smallest absolute Gasteiger partial charge is 0.228 e. The van der Waals surface area contributed by atoms with Gasteiger partial charge in [0.1, 0.15) is 0 Å². The Morgan fingerprint density at radius 1 is 0.562 bits per heavy atom. The molecule has 0 radical (unpaired) electrons. The van der Waals surface area contributed by atoms with Crippen molar-refractivity contribution in [2.75, 3.05) is 26.2 Å². The molecule has 2 N–H and O–H groups in total. The number of hydrogen-bond donors (Lipinski definition) is 1. The van der Waals surface area contributed by atoms with Crippen molar-refractivity contribution < 1.29 is 9.59 Å². The second kappa shape index (κ2) is 6.96. The monoisotopic (exact) mass is 439 g/mol. The van der Waals surface area contributed by atoms with Gasteiger partial charge in [-0.25, -0.2) is 0 Å². The molecule has 8 saturated carbocycles. The molecule has 8 aliphatic carbocycles. The van der Waals surface area contributed by atoms with Crippen LogP contribution in [-0.2, 0) is 9.59 Å².